The van der Waals surface area contributed by atoms with Crippen LogP contribution in [0.3, 0.4) is 0 Å². The van der Waals surface area contributed by atoms with Crippen molar-refractivity contribution < 1.29 is 14.7 Å². The molecular formula is C24H25ClN4O3S. The average molecular weight is 485 g/mol. The van der Waals surface area contributed by atoms with Crippen molar-refractivity contribution in [2.45, 2.75) is 43.4 Å². The molecule has 33 heavy (non-hydrogen) atoms. The maximum absolute atomic E-state index is 12.8. The Balaban J connectivity index is 1.13. The largest absolute Gasteiger partial charge is 0.382 e. The van der Waals surface area contributed by atoms with Crippen LogP contribution in [0.15, 0.2) is 47.5 Å². The molecule has 0 saturated carbocycles. The minimum absolute atomic E-state index is 0.0288. The van der Waals surface area contributed by atoms with Gasteiger partial charge in [-0.3, -0.25) is 9.36 Å². The number of aryl methyl sites for hydroxylation is 1. The Kier molecular flexibility index (Phi) is 6.07. The molecule has 2 aliphatic heterocycles. The second-order valence-electron chi connectivity index (χ2n) is 8.58. The van der Waals surface area contributed by atoms with Gasteiger partial charge < -0.3 is 14.9 Å². The number of amides is 2. The highest BCUT2D eigenvalue weighted by molar-refractivity contribution is 7.99. The molecule has 0 spiro atoms. The third-order valence-corrected chi connectivity index (χ3v) is 7.77. The number of aromatic nitrogens is 2. The zero-order valence-electron chi connectivity index (χ0n) is 18.3. The fourth-order valence-electron chi connectivity index (χ4n) is 4.66. The minimum atomic E-state index is -1.06. The van der Waals surface area contributed by atoms with Gasteiger partial charge in [-0.05, 0) is 54.8 Å². The monoisotopic (exact) mass is 484 g/mol. The third-order valence-electron chi connectivity index (χ3n) is 6.46. The van der Waals surface area contributed by atoms with Gasteiger partial charge in [0, 0.05) is 34.8 Å². The van der Waals surface area contributed by atoms with E-state index in [0.29, 0.717) is 49.1 Å². The van der Waals surface area contributed by atoms with Crippen LogP contribution in [0.1, 0.15) is 24.4 Å². The van der Waals surface area contributed by atoms with Crippen molar-refractivity contribution in [2.24, 2.45) is 0 Å². The van der Waals surface area contributed by atoms with E-state index in [1.165, 1.54) is 11.8 Å². The van der Waals surface area contributed by atoms with E-state index in [1.807, 2.05) is 48.2 Å². The number of rotatable bonds is 5. The first kappa shape index (κ1) is 22.3. The molecule has 7 nitrogen and oxygen atoms in total. The van der Waals surface area contributed by atoms with E-state index in [-0.39, 0.29) is 18.0 Å². The SMILES string of the molecule is Cc1ncc2n1C(=O)N(C1CCN(C(=O)[C@@H](O)CSc3ccc4cc(Cl)ccc4c3)CC1)C2. The maximum Gasteiger partial charge on any atom is 0.330 e. The van der Waals surface area contributed by atoms with Gasteiger partial charge in [-0.2, -0.15) is 0 Å². The molecule has 0 aliphatic carbocycles. The number of carbonyl (C=O) groups is 2. The lowest BCUT2D eigenvalue weighted by atomic mass is 10.0. The van der Waals surface area contributed by atoms with Crippen LogP contribution in [-0.4, -0.2) is 67.4 Å². The number of likely N-dealkylation sites (tertiary alicyclic amines) is 1. The standard InChI is InChI=1S/C24H25ClN4O3S/c1-15-26-12-20-13-28(24(32)29(15)20)19-6-8-27(9-7-19)23(31)22(30)14-33-21-5-3-16-10-18(25)4-2-17(16)11-21/h2-5,10-12,19,22,30H,6-9,13-14H2,1H3/t22-/m0/s1. The van der Waals surface area contributed by atoms with Crippen molar-refractivity contribution in [3.8, 4) is 0 Å². The molecule has 2 amide bonds. The van der Waals surface area contributed by atoms with Crippen molar-refractivity contribution in [1.29, 1.82) is 0 Å². The summed E-state index contributed by atoms with van der Waals surface area (Å²) in [4.78, 5) is 34.3. The summed E-state index contributed by atoms with van der Waals surface area (Å²) in [6.45, 7) is 3.48. The normalized spacial score (nSPS) is 17.6. The number of halogens is 1. The summed E-state index contributed by atoms with van der Waals surface area (Å²) in [6, 6.07) is 11.8. The Morgan fingerprint density at radius 2 is 1.94 bits per heavy atom. The van der Waals surface area contributed by atoms with Crippen molar-refractivity contribution >= 4 is 46.1 Å². The Bertz CT molecular complexity index is 1220. The zero-order chi connectivity index (χ0) is 23.1. The van der Waals surface area contributed by atoms with Gasteiger partial charge in [-0.1, -0.05) is 23.7 Å². The van der Waals surface area contributed by atoms with Gasteiger partial charge in [-0.25, -0.2) is 9.78 Å². The van der Waals surface area contributed by atoms with E-state index >= 15 is 0 Å². The van der Waals surface area contributed by atoms with Gasteiger partial charge in [0.1, 0.15) is 11.9 Å². The second kappa shape index (κ2) is 9.00. The van der Waals surface area contributed by atoms with Crippen molar-refractivity contribution in [2.75, 3.05) is 18.8 Å². The predicted octanol–water partition coefficient (Wildman–Crippen LogP) is 3.93. The summed E-state index contributed by atoms with van der Waals surface area (Å²) >= 11 is 7.51. The summed E-state index contributed by atoms with van der Waals surface area (Å²) in [5, 5.41) is 13.3. The summed E-state index contributed by atoms with van der Waals surface area (Å²) in [7, 11) is 0. The van der Waals surface area contributed by atoms with Crippen LogP contribution >= 0.6 is 23.4 Å². The van der Waals surface area contributed by atoms with E-state index in [4.69, 9.17) is 11.6 Å². The molecule has 1 N–H and O–H groups in total. The molecule has 172 valence electrons. The fourth-order valence-corrected chi connectivity index (χ4v) is 5.71. The number of piperidine rings is 1. The van der Waals surface area contributed by atoms with Crippen molar-refractivity contribution in [1.82, 2.24) is 19.4 Å². The Morgan fingerprint density at radius 3 is 2.70 bits per heavy atom. The molecule has 3 heterocycles. The van der Waals surface area contributed by atoms with Gasteiger partial charge in [0.05, 0.1) is 18.4 Å². The van der Waals surface area contributed by atoms with Gasteiger partial charge in [0.15, 0.2) is 0 Å². The van der Waals surface area contributed by atoms with E-state index < -0.39 is 6.10 Å². The first-order chi connectivity index (χ1) is 15.9. The van der Waals surface area contributed by atoms with Crippen LogP contribution in [0, 0.1) is 6.92 Å². The molecular weight excluding hydrogens is 460 g/mol. The Labute approximate surface area is 201 Å². The number of hydrogen-bond acceptors (Lipinski definition) is 5. The van der Waals surface area contributed by atoms with Crippen LogP contribution in [0.25, 0.3) is 10.8 Å². The van der Waals surface area contributed by atoms with E-state index in [0.717, 1.165) is 21.4 Å². The number of thioether (sulfide) groups is 1. The van der Waals surface area contributed by atoms with Crippen LogP contribution in [-0.2, 0) is 11.3 Å². The van der Waals surface area contributed by atoms with Gasteiger partial charge >= 0.3 is 6.03 Å². The number of nitrogens with zero attached hydrogens (tertiary/aromatic N) is 4. The third kappa shape index (κ3) is 4.35. The number of fused-ring (bicyclic) bond motifs is 2. The van der Waals surface area contributed by atoms with Gasteiger partial charge in [-0.15, -0.1) is 11.8 Å². The molecule has 0 radical (unpaired) electrons. The van der Waals surface area contributed by atoms with Gasteiger partial charge in [0.2, 0.25) is 0 Å². The maximum atomic E-state index is 12.8. The van der Waals surface area contributed by atoms with E-state index in [1.54, 1.807) is 15.7 Å². The lowest BCUT2D eigenvalue weighted by Crippen LogP contribution is -2.50. The fraction of sp³-hybridized carbons (Fsp3) is 0.375. The van der Waals surface area contributed by atoms with Crippen molar-refractivity contribution in [3.63, 3.8) is 0 Å². The molecule has 1 saturated heterocycles. The highest BCUT2D eigenvalue weighted by Crippen LogP contribution is 2.28. The minimum Gasteiger partial charge on any atom is -0.382 e. The quantitative estimate of drug-likeness (QED) is 0.555. The summed E-state index contributed by atoms with van der Waals surface area (Å²) in [5.41, 5.74) is 0.917. The van der Waals surface area contributed by atoms with Crippen molar-refractivity contribution in [3.05, 3.63) is 59.1 Å². The van der Waals surface area contributed by atoms with Crippen LogP contribution in [0.4, 0.5) is 4.79 Å². The average Bonchev–Trinajstić information content (AvgIpc) is 3.36. The molecule has 2 aliphatic rings. The number of hydrogen-bond donors (Lipinski definition) is 1. The number of imidazole rings is 1. The lowest BCUT2D eigenvalue weighted by Gasteiger charge is -2.37. The smallest absolute Gasteiger partial charge is 0.330 e. The van der Waals surface area contributed by atoms with Gasteiger partial charge in [0.25, 0.3) is 5.91 Å². The molecule has 1 fully saturated rings. The number of aliphatic hydroxyl groups is 1. The molecule has 2 aromatic carbocycles. The van der Waals surface area contributed by atoms with E-state index in [2.05, 4.69) is 4.98 Å². The van der Waals surface area contributed by atoms with E-state index in [9.17, 15) is 14.7 Å². The molecule has 1 aromatic heterocycles. The number of aliphatic hydroxyl groups excluding tert-OH is 1. The molecule has 0 unspecified atom stereocenters. The van der Waals surface area contributed by atoms with Crippen LogP contribution in [0.5, 0.6) is 0 Å². The molecule has 3 aromatic rings. The van der Waals surface area contributed by atoms with Crippen LogP contribution < -0.4 is 0 Å². The highest BCUT2D eigenvalue weighted by atomic mass is 35.5. The molecule has 5 rings (SSSR count). The Morgan fingerprint density at radius 1 is 1.21 bits per heavy atom. The first-order valence-corrected chi connectivity index (χ1v) is 12.4. The topological polar surface area (TPSA) is 78.7 Å². The predicted molar refractivity (Wildman–Crippen MR) is 129 cm³/mol. The highest BCUT2D eigenvalue weighted by Gasteiger charge is 2.37. The number of benzene rings is 2. The zero-order valence-corrected chi connectivity index (χ0v) is 19.8. The van der Waals surface area contributed by atoms with Crippen LogP contribution in [0.2, 0.25) is 5.02 Å². The molecule has 0 bridgehead atoms. The molecule has 1 atom stereocenters. The second-order valence-corrected chi connectivity index (χ2v) is 10.1. The lowest BCUT2D eigenvalue weighted by molar-refractivity contribution is -0.140. The summed E-state index contributed by atoms with van der Waals surface area (Å²) in [6.07, 6.45) is 2.12. The number of carbonyl (C=O) groups excluding carboxylic acids is 2. The Hall–Kier alpha value is -2.55. The molecule has 9 heteroatoms. The summed E-state index contributed by atoms with van der Waals surface area (Å²) in [5.74, 6) is 0.762. The summed E-state index contributed by atoms with van der Waals surface area (Å²) < 4.78 is 1.67. The first-order valence-electron chi connectivity index (χ1n) is 11.0.